The maximum Gasteiger partial charge on any atom is 0.168 e. The van der Waals surface area contributed by atoms with Gasteiger partial charge in [-0.25, -0.2) is 0 Å². The lowest BCUT2D eigenvalue weighted by atomic mass is 10.3. The molecule has 0 amide bonds. The molecule has 0 aromatic rings. The average molecular weight is 160 g/mol. The summed E-state index contributed by atoms with van der Waals surface area (Å²) >= 11 is 5.07. The molecule has 10 heavy (non-hydrogen) atoms. The Balaban J connectivity index is 3.93. The summed E-state index contributed by atoms with van der Waals surface area (Å²) in [4.78, 5) is 2.13. The Morgan fingerprint density at radius 3 is 2.20 bits per heavy atom. The van der Waals surface area contributed by atoms with Gasteiger partial charge in [0.05, 0.1) is 0 Å². The summed E-state index contributed by atoms with van der Waals surface area (Å²) in [5, 5.41) is 3.79. The second-order valence-corrected chi connectivity index (χ2v) is 2.82. The SMILES string of the molecule is CCN(C(=S)NC)C(C)C. The van der Waals surface area contributed by atoms with Crippen LogP contribution in [0.3, 0.4) is 0 Å². The van der Waals surface area contributed by atoms with Crippen molar-refractivity contribution in [3.8, 4) is 0 Å². The smallest absolute Gasteiger partial charge is 0.168 e. The predicted molar refractivity (Wildman–Crippen MR) is 49.2 cm³/mol. The third-order valence-corrected chi connectivity index (χ3v) is 1.88. The lowest BCUT2D eigenvalue weighted by molar-refractivity contribution is 0.364. The van der Waals surface area contributed by atoms with Gasteiger partial charge in [-0.1, -0.05) is 0 Å². The van der Waals surface area contributed by atoms with Crippen molar-refractivity contribution in [1.29, 1.82) is 0 Å². The van der Waals surface area contributed by atoms with Crippen molar-refractivity contribution in [2.45, 2.75) is 26.8 Å². The minimum absolute atomic E-state index is 0.491. The number of thiocarbonyl (C=S) groups is 1. The van der Waals surface area contributed by atoms with Crippen LogP contribution >= 0.6 is 12.2 Å². The van der Waals surface area contributed by atoms with E-state index in [4.69, 9.17) is 12.2 Å². The summed E-state index contributed by atoms with van der Waals surface area (Å²) in [5.41, 5.74) is 0. The van der Waals surface area contributed by atoms with E-state index in [0.29, 0.717) is 6.04 Å². The van der Waals surface area contributed by atoms with Crippen LogP contribution in [0.1, 0.15) is 20.8 Å². The second-order valence-electron chi connectivity index (χ2n) is 2.43. The van der Waals surface area contributed by atoms with Crippen molar-refractivity contribution < 1.29 is 0 Å². The lowest BCUT2D eigenvalue weighted by Gasteiger charge is -2.27. The third kappa shape index (κ3) is 2.52. The molecule has 0 rings (SSSR count). The molecule has 1 N–H and O–H groups in total. The minimum Gasteiger partial charge on any atom is -0.366 e. The van der Waals surface area contributed by atoms with Gasteiger partial charge in [-0.15, -0.1) is 0 Å². The normalized spacial score (nSPS) is 9.70. The molecule has 2 nitrogen and oxygen atoms in total. The number of nitrogens with one attached hydrogen (secondary N) is 1. The summed E-state index contributed by atoms with van der Waals surface area (Å²) in [6, 6.07) is 0.491. The Kier molecular flexibility index (Phi) is 4.36. The molecule has 0 aromatic heterocycles. The molecule has 0 aliphatic carbocycles. The van der Waals surface area contributed by atoms with Gasteiger partial charge in [0.2, 0.25) is 0 Å². The topological polar surface area (TPSA) is 15.3 Å². The molecule has 0 radical (unpaired) electrons. The molecule has 0 bridgehead atoms. The maximum absolute atomic E-state index is 5.07. The molecule has 0 heterocycles. The van der Waals surface area contributed by atoms with Crippen LogP contribution in [0.15, 0.2) is 0 Å². The summed E-state index contributed by atoms with van der Waals surface area (Å²) in [6.45, 7) is 7.33. The van der Waals surface area contributed by atoms with Gasteiger partial charge in [-0.05, 0) is 33.0 Å². The van der Waals surface area contributed by atoms with Crippen LogP contribution < -0.4 is 5.32 Å². The molecule has 0 saturated carbocycles. The van der Waals surface area contributed by atoms with Crippen molar-refractivity contribution in [3.05, 3.63) is 0 Å². The Morgan fingerprint density at radius 1 is 1.60 bits per heavy atom. The lowest BCUT2D eigenvalue weighted by Crippen LogP contribution is -2.41. The van der Waals surface area contributed by atoms with Crippen molar-refractivity contribution in [3.63, 3.8) is 0 Å². The van der Waals surface area contributed by atoms with Crippen LogP contribution in [-0.4, -0.2) is 29.6 Å². The fraction of sp³-hybridized carbons (Fsp3) is 0.857. The quantitative estimate of drug-likeness (QED) is 0.611. The molecular formula is C7H16N2S. The van der Waals surface area contributed by atoms with Gasteiger partial charge < -0.3 is 10.2 Å². The van der Waals surface area contributed by atoms with E-state index in [1.165, 1.54) is 0 Å². The predicted octanol–water partition coefficient (Wildman–Crippen LogP) is 1.22. The first kappa shape index (κ1) is 9.69. The Morgan fingerprint density at radius 2 is 2.10 bits per heavy atom. The number of rotatable bonds is 2. The highest BCUT2D eigenvalue weighted by molar-refractivity contribution is 7.80. The monoisotopic (exact) mass is 160 g/mol. The molecule has 0 aliphatic rings. The molecule has 3 heteroatoms. The van der Waals surface area contributed by atoms with Gasteiger partial charge in [0.25, 0.3) is 0 Å². The number of nitrogens with zero attached hydrogens (tertiary/aromatic N) is 1. The van der Waals surface area contributed by atoms with Gasteiger partial charge in [0.1, 0.15) is 0 Å². The summed E-state index contributed by atoms with van der Waals surface area (Å²) < 4.78 is 0. The van der Waals surface area contributed by atoms with E-state index in [2.05, 4.69) is 31.0 Å². The van der Waals surface area contributed by atoms with Crippen molar-refractivity contribution in [2.24, 2.45) is 0 Å². The van der Waals surface area contributed by atoms with E-state index in [9.17, 15) is 0 Å². The van der Waals surface area contributed by atoms with Crippen LogP contribution in [0.25, 0.3) is 0 Å². The fourth-order valence-corrected chi connectivity index (χ4v) is 1.23. The molecule has 0 aliphatic heterocycles. The average Bonchev–Trinajstić information content (AvgIpc) is 1.88. The van der Waals surface area contributed by atoms with E-state index >= 15 is 0 Å². The third-order valence-electron chi connectivity index (χ3n) is 1.44. The second kappa shape index (κ2) is 4.50. The van der Waals surface area contributed by atoms with E-state index in [-0.39, 0.29) is 0 Å². The van der Waals surface area contributed by atoms with Crippen LogP contribution in [0, 0.1) is 0 Å². The molecule has 0 unspecified atom stereocenters. The maximum atomic E-state index is 5.07. The van der Waals surface area contributed by atoms with Gasteiger partial charge >= 0.3 is 0 Å². The Hall–Kier alpha value is -0.310. The van der Waals surface area contributed by atoms with Gasteiger partial charge in [0, 0.05) is 19.6 Å². The first-order chi connectivity index (χ1) is 4.63. The number of hydrogen-bond donors (Lipinski definition) is 1. The highest BCUT2D eigenvalue weighted by atomic mass is 32.1. The molecule has 0 spiro atoms. The minimum atomic E-state index is 0.491. The molecule has 0 saturated heterocycles. The molecule has 0 fully saturated rings. The van der Waals surface area contributed by atoms with Gasteiger partial charge in [0.15, 0.2) is 5.11 Å². The highest BCUT2D eigenvalue weighted by Gasteiger charge is 2.07. The van der Waals surface area contributed by atoms with Gasteiger partial charge in [-0.3, -0.25) is 0 Å². The zero-order valence-corrected chi connectivity index (χ0v) is 7.96. The molecule has 0 aromatic carbocycles. The van der Waals surface area contributed by atoms with Crippen molar-refractivity contribution in [2.75, 3.05) is 13.6 Å². The van der Waals surface area contributed by atoms with Gasteiger partial charge in [-0.2, -0.15) is 0 Å². The van der Waals surface area contributed by atoms with Crippen LogP contribution in [-0.2, 0) is 0 Å². The molecular weight excluding hydrogens is 144 g/mol. The van der Waals surface area contributed by atoms with E-state index in [0.717, 1.165) is 11.7 Å². The zero-order chi connectivity index (χ0) is 8.15. The molecule has 60 valence electrons. The van der Waals surface area contributed by atoms with E-state index in [1.807, 2.05) is 7.05 Å². The Labute approximate surface area is 68.6 Å². The first-order valence-corrected chi connectivity index (χ1v) is 4.02. The summed E-state index contributed by atoms with van der Waals surface area (Å²) in [6.07, 6.45) is 0. The summed E-state index contributed by atoms with van der Waals surface area (Å²) in [5.74, 6) is 0. The van der Waals surface area contributed by atoms with Crippen LogP contribution in [0.4, 0.5) is 0 Å². The zero-order valence-electron chi connectivity index (χ0n) is 7.14. The number of hydrogen-bond acceptors (Lipinski definition) is 1. The highest BCUT2D eigenvalue weighted by Crippen LogP contribution is 1.96. The van der Waals surface area contributed by atoms with Crippen LogP contribution in [0.5, 0.6) is 0 Å². The van der Waals surface area contributed by atoms with Crippen molar-refractivity contribution >= 4 is 17.3 Å². The fourth-order valence-electron chi connectivity index (χ4n) is 0.887. The standard InChI is InChI=1S/C7H16N2S/c1-5-9(6(2)3)7(10)8-4/h6H,5H2,1-4H3,(H,8,10). The first-order valence-electron chi connectivity index (χ1n) is 3.61. The molecule has 0 atom stereocenters. The Bertz CT molecular complexity index is 112. The van der Waals surface area contributed by atoms with E-state index < -0.39 is 0 Å². The van der Waals surface area contributed by atoms with E-state index in [1.54, 1.807) is 0 Å². The summed E-state index contributed by atoms with van der Waals surface area (Å²) in [7, 11) is 1.85. The van der Waals surface area contributed by atoms with Crippen molar-refractivity contribution in [1.82, 2.24) is 10.2 Å². The van der Waals surface area contributed by atoms with Crippen LogP contribution in [0.2, 0.25) is 0 Å². The largest absolute Gasteiger partial charge is 0.366 e.